The predicted octanol–water partition coefficient (Wildman–Crippen LogP) is 4.73. The molecule has 2 amide bonds. The van der Waals surface area contributed by atoms with Gasteiger partial charge < -0.3 is 29.5 Å². The molecule has 1 saturated heterocycles. The van der Waals surface area contributed by atoms with Crippen molar-refractivity contribution in [3.63, 3.8) is 0 Å². The van der Waals surface area contributed by atoms with E-state index >= 15 is 0 Å². The first-order valence-corrected chi connectivity index (χ1v) is 13.6. The Balaban J connectivity index is 1.70. The lowest BCUT2D eigenvalue weighted by atomic mass is 9.78. The Labute approximate surface area is 228 Å². The molecule has 1 heterocycles. The van der Waals surface area contributed by atoms with E-state index in [9.17, 15) is 27.9 Å². The molecule has 1 aliphatic heterocycles. The van der Waals surface area contributed by atoms with Crippen LogP contribution in [-0.4, -0.2) is 77.3 Å². The van der Waals surface area contributed by atoms with Crippen LogP contribution in [0.3, 0.4) is 0 Å². The van der Waals surface area contributed by atoms with Crippen LogP contribution in [0, 0.1) is 0 Å². The minimum Gasteiger partial charge on any atom is -0.444 e. The van der Waals surface area contributed by atoms with Gasteiger partial charge in [0.25, 0.3) is 0 Å². The zero-order valence-electron chi connectivity index (χ0n) is 23.0. The van der Waals surface area contributed by atoms with E-state index in [1.165, 1.54) is 4.90 Å². The van der Waals surface area contributed by atoms with Crippen LogP contribution in [-0.2, 0) is 25.6 Å². The van der Waals surface area contributed by atoms with Gasteiger partial charge in [-0.3, -0.25) is 4.79 Å². The number of hydrogen-bond acceptors (Lipinski definition) is 6. The molecule has 11 heteroatoms. The zero-order chi connectivity index (χ0) is 28.7. The van der Waals surface area contributed by atoms with E-state index in [0.29, 0.717) is 25.9 Å². The first kappa shape index (κ1) is 31.2. The maximum atomic E-state index is 13.3. The van der Waals surface area contributed by atoms with Gasteiger partial charge in [-0.1, -0.05) is 30.3 Å². The molecule has 2 atom stereocenters. The van der Waals surface area contributed by atoms with Crippen molar-refractivity contribution in [3.05, 3.63) is 35.9 Å². The molecule has 0 radical (unpaired) electrons. The highest BCUT2D eigenvalue weighted by Crippen LogP contribution is 2.35. The number of rotatable bonds is 9. The summed E-state index contributed by atoms with van der Waals surface area (Å²) in [6, 6.07) is 8.93. The number of likely N-dealkylation sites (tertiary alicyclic amines) is 1. The van der Waals surface area contributed by atoms with E-state index in [4.69, 9.17) is 14.2 Å². The van der Waals surface area contributed by atoms with Gasteiger partial charge in [0.15, 0.2) is 0 Å². The first-order chi connectivity index (χ1) is 18.3. The third-order valence-electron chi connectivity index (χ3n) is 7.28. The average molecular weight is 559 g/mol. The van der Waals surface area contributed by atoms with E-state index < -0.39 is 42.0 Å². The van der Waals surface area contributed by atoms with Gasteiger partial charge in [0.1, 0.15) is 5.60 Å². The summed E-state index contributed by atoms with van der Waals surface area (Å²) in [4.78, 5) is 26.5. The second-order valence-electron chi connectivity index (χ2n) is 11.4. The van der Waals surface area contributed by atoms with Crippen LogP contribution in [0.4, 0.5) is 18.0 Å². The molecule has 1 saturated carbocycles. The molecule has 220 valence electrons. The van der Waals surface area contributed by atoms with Crippen molar-refractivity contribution in [2.75, 3.05) is 19.8 Å². The van der Waals surface area contributed by atoms with Crippen LogP contribution in [0.25, 0.3) is 0 Å². The first-order valence-electron chi connectivity index (χ1n) is 13.6. The molecule has 2 aliphatic rings. The van der Waals surface area contributed by atoms with Crippen LogP contribution in [0.5, 0.6) is 0 Å². The number of piperidine rings is 1. The fourth-order valence-electron chi connectivity index (χ4n) is 5.35. The Hall–Kier alpha value is -2.37. The van der Waals surface area contributed by atoms with Crippen molar-refractivity contribution >= 4 is 12.0 Å². The highest BCUT2D eigenvalue weighted by atomic mass is 19.4. The number of carbonyl (C=O) groups excluding carboxylic acids is 2. The van der Waals surface area contributed by atoms with Crippen molar-refractivity contribution in [2.24, 2.45) is 0 Å². The van der Waals surface area contributed by atoms with Crippen molar-refractivity contribution < 1.29 is 42.1 Å². The van der Waals surface area contributed by atoms with Crippen molar-refractivity contribution in [1.29, 1.82) is 0 Å². The number of benzene rings is 1. The zero-order valence-corrected chi connectivity index (χ0v) is 23.0. The van der Waals surface area contributed by atoms with Crippen LogP contribution >= 0.6 is 0 Å². The van der Waals surface area contributed by atoms with E-state index in [2.05, 4.69) is 5.32 Å². The smallest absolute Gasteiger partial charge is 0.444 e. The highest BCUT2D eigenvalue weighted by molar-refractivity contribution is 5.82. The molecule has 0 aromatic heterocycles. The fourth-order valence-corrected chi connectivity index (χ4v) is 5.35. The second kappa shape index (κ2) is 13.3. The topological polar surface area (TPSA) is 97.3 Å². The maximum Gasteiger partial charge on any atom is 0.471 e. The Morgan fingerprint density at radius 1 is 1.05 bits per heavy atom. The lowest BCUT2D eigenvalue weighted by Gasteiger charge is -2.50. The Kier molecular flexibility index (Phi) is 10.6. The number of ether oxygens (including phenoxy) is 3. The molecule has 2 N–H and O–H groups in total. The van der Waals surface area contributed by atoms with Gasteiger partial charge in [-0.25, -0.2) is 4.79 Å². The van der Waals surface area contributed by atoms with Gasteiger partial charge in [-0.2, -0.15) is 13.2 Å². The van der Waals surface area contributed by atoms with Gasteiger partial charge in [-0.05, 0) is 71.3 Å². The van der Waals surface area contributed by atoms with E-state index in [-0.39, 0.29) is 38.2 Å². The quantitative estimate of drug-likeness (QED) is 0.455. The third-order valence-corrected chi connectivity index (χ3v) is 7.28. The molecule has 8 nitrogen and oxygen atoms in total. The molecule has 39 heavy (non-hydrogen) atoms. The Morgan fingerprint density at radius 2 is 1.67 bits per heavy atom. The molecular formula is C28H41F3N2O6. The Morgan fingerprint density at radius 3 is 2.23 bits per heavy atom. The van der Waals surface area contributed by atoms with E-state index in [1.54, 1.807) is 20.8 Å². The van der Waals surface area contributed by atoms with Crippen LogP contribution in [0.1, 0.15) is 71.3 Å². The van der Waals surface area contributed by atoms with Gasteiger partial charge >= 0.3 is 18.2 Å². The molecule has 1 aliphatic carbocycles. The molecule has 0 unspecified atom stereocenters. The molecule has 0 bridgehead atoms. The summed E-state index contributed by atoms with van der Waals surface area (Å²) in [6.45, 7) is 5.28. The number of nitrogens with zero attached hydrogens (tertiary/aromatic N) is 1. The summed E-state index contributed by atoms with van der Waals surface area (Å²) in [7, 11) is 0. The largest absolute Gasteiger partial charge is 0.471 e. The SMILES string of the molecule is CC(C)(C)OC(=O)N1CCC[C@](CCO)(NC(=O)C(F)(F)F)[C@@H]1COC1CCC(OCc2ccccc2)CC1. The van der Waals surface area contributed by atoms with Gasteiger partial charge in [0, 0.05) is 13.2 Å². The summed E-state index contributed by atoms with van der Waals surface area (Å²) in [5, 5.41) is 11.9. The standard InChI is InChI=1S/C28H41F3N2O6/c1-26(2,3)39-25(36)33-16-7-14-27(15-17-34,32-24(35)28(29,30)31)23(33)19-38-22-12-10-21(11-13-22)37-18-20-8-5-4-6-9-20/h4-6,8-9,21-23,34H,7,10-19H2,1-3H3,(H,32,35)/t21?,22?,23-,27+/m0/s1. The lowest BCUT2D eigenvalue weighted by molar-refractivity contribution is -0.178. The number of halogens is 3. The van der Waals surface area contributed by atoms with Crippen LogP contribution in [0.2, 0.25) is 0 Å². The number of aliphatic hydroxyl groups excluding tert-OH is 1. The van der Waals surface area contributed by atoms with Gasteiger partial charge in [0.2, 0.25) is 0 Å². The molecule has 3 rings (SSSR count). The number of nitrogens with one attached hydrogen (secondary N) is 1. The van der Waals surface area contributed by atoms with Crippen LogP contribution in [0.15, 0.2) is 30.3 Å². The maximum absolute atomic E-state index is 13.3. The average Bonchev–Trinajstić information content (AvgIpc) is 2.86. The fraction of sp³-hybridized carbons (Fsp3) is 0.714. The van der Waals surface area contributed by atoms with Crippen LogP contribution < -0.4 is 5.32 Å². The molecule has 1 aromatic rings. The van der Waals surface area contributed by atoms with Gasteiger partial charge in [0.05, 0.1) is 37.0 Å². The van der Waals surface area contributed by atoms with Crippen molar-refractivity contribution in [2.45, 2.75) is 108 Å². The number of alkyl halides is 3. The summed E-state index contributed by atoms with van der Waals surface area (Å²) in [6.07, 6.45) is -2.65. The molecule has 2 fully saturated rings. The molecule has 1 aromatic carbocycles. The summed E-state index contributed by atoms with van der Waals surface area (Å²) >= 11 is 0. The van der Waals surface area contributed by atoms with Crippen molar-refractivity contribution in [1.82, 2.24) is 10.2 Å². The van der Waals surface area contributed by atoms with Gasteiger partial charge in [-0.15, -0.1) is 0 Å². The predicted molar refractivity (Wildman–Crippen MR) is 138 cm³/mol. The summed E-state index contributed by atoms with van der Waals surface area (Å²) in [5.41, 5.74) is -1.25. The normalized spacial score (nSPS) is 26.2. The summed E-state index contributed by atoms with van der Waals surface area (Å²) in [5.74, 6) is -2.11. The monoisotopic (exact) mass is 558 g/mol. The molecule has 0 spiro atoms. The van der Waals surface area contributed by atoms with Crippen molar-refractivity contribution in [3.8, 4) is 0 Å². The minimum absolute atomic E-state index is 0.0811. The van der Waals surface area contributed by atoms with E-state index in [0.717, 1.165) is 18.4 Å². The molecular weight excluding hydrogens is 517 g/mol. The lowest BCUT2D eigenvalue weighted by Crippen LogP contribution is -2.69. The number of amides is 2. The number of aliphatic hydroxyl groups is 1. The minimum atomic E-state index is -5.11. The second-order valence-corrected chi connectivity index (χ2v) is 11.4. The van der Waals surface area contributed by atoms with E-state index in [1.807, 2.05) is 30.3 Å². The highest BCUT2D eigenvalue weighted by Gasteiger charge is 2.52. The number of hydrogen-bond donors (Lipinski definition) is 2. The summed E-state index contributed by atoms with van der Waals surface area (Å²) < 4.78 is 57.6. The third kappa shape index (κ3) is 9.08. The Bertz CT molecular complexity index is 927. The number of carbonyl (C=O) groups is 2.